The van der Waals surface area contributed by atoms with Crippen molar-refractivity contribution in [1.82, 2.24) is 20.8 Å². The molecule has 0 aromatic carbocycles. The summed E-state index contributed by atoms with van der Waals surface area (Å²) in [6.45, 7) is 2.41. The molecule has 0 unspecified atom stereocenters. The molecule has 0 bridgehead atoms. The highest BCUT2D eigenvalue weighted by Crippen LogP contribution is 2.17. The average Bonchev–Trinajstić information content (AvgIpc) is 2.99. The Morgan fingerprint density at radius 1 is 1.59 bits per heavy atom. The van der Waals surface area contributed by atoms with E-state index in [0.29, 0.717) is 6.54 Å². The number of carbonyl (C=O) groups excluding carboxylic acids is 1. The van der Waals surface area contributed by atoms with E-state index in [4.69, 9.17) is 0 Å². The average molecular weight is 250 g/mol. The van der Waals surface area contributed by atoms with Crippen LogP contribution in [-0.2, 0) is 6.54 Å². The number of carbonyl (C=O) groups is 1. The quantitative estimate of drug-likeness (QED) is 0.777. The van der Waals surface area contributed by atoms with Crippen LogP contribution in [0.2, 0.25) is 0 Å². The Morgan fingerprint density at radius 2 is 2.47 bits per heavy atom. The Hall–Kier alpha value is -1.82. The van der Waals surface area contributed by atoms with Crippen LogP contribution in [0.3, 0.4) is 0 Å². The second kappa shape index (κ2) is 5.49. The predicted molar refractivity (Wildman–Crippen MR) is 66.7 cm³/mol. The number of hydrogen-bond donors (Lipinski definition) is 3. The van der Waals surface area contributed by atoms with Gasteiger partial charge in [0.25, 0.3) is 0 Å². The van der Waals surface area contributed by atoms with E-state index in [-0.39, 0.29) is 12.1 Å². The van der Waals surface area contributed by atoms with Gasteiger partial charge in [0.05, 0.1) is 18.3 Å². The highest BCUT2D eigenvalue weighted by molar-refractivity contribution is 7.10. The first kappa shape index (κ1) is 11.7. The lowest BCUT2D eigenvalue weighted by Crippen LogP contribution is -2.36. The lowest BCUT2D eigenvalue weighted by atomic mass is 10.3. The lowest BCUT2D eigenvalue weighted by molar-refractivity contribution is 0.237. The van der Waals surface area contributed by atoms with Gasteiger partial charge in [0.15, 0.2) is 0 Å². The fraction of sp³-hybridized carbons (Fsp3) is 0.273. The minimum atomic E-state index is -0.180. The molecule has 0 spiro atoms. The van der Waals surface area contributed by atoms with Gasteiger partial charge in [-0.1, -0.05) is 6.07 Å². The Kier molecular flexibility index (Phi) is 3.77. The number of amides is 2. The van der Waals surface area contributed by atoms with Gasteiger partial charge >= 0.3 is 6.03 Å². The summed E-state index contributed by atoms with van der Waals surface area (Å²) in [6, 6.07) is 5.64. The Balaban J connectivity index is 1.77. The zero-order valence-corrected chi connectivity index (χ0v) is 10.3. The molecule has 90 valence electrons. The van der Waals surface area contributed by atoms with E-state index >= 15 is 0 Å². The van der Waals surface area contributed by atoms with Crippen LogP contribution >= 0.6 is 11.3 Å². The lowest BCUT2D eigenvalue weighted by Gasteiger charge is -2.12. The number of thiophene rings is 1. The molecule has 5 nitrogen and oxygen atoms in total. The molecule has 0 saturated carbocycles. The first-order valence-electron chi connectivity index (χ1n) is 5.31. The van der Waals surface area contributed by atoms with Gasteiger partial charge in [-0.2, -0.15) is 5.10 Å². The van der Waals surface area contributed by atoms with Crippen molar-refractivity contribution in [1.29, 1.82) is 0 Å². The third kappa shape index (κ3) is 3.32. The predicted octanol–water partition coefficient (Wildman–Crippen LogP) is 2.03. The summed E-state index contributed by atoms with van der Waals surface area (Å²) >= 11 is 1.63. The number of nitrogens with one attached hydrogen (secondary N) is 3. The molecular formula is C11H14N4OS. The molecule has 1 atom stereocenters. The maximum atomic E-state index is 11.6. The van der Waals surface area contributed by atoms with E-state index < -0.39 is 0 Å². The maximum absolute atomic E-state index is 11.6. The summed E-state index contributed by atoms with van der Waals surface area (Å²) in [5.41, 5.74) is 0.879. The van der Waals surface area contributed by atoms with Gasteiger partial charge in [-0.25, -0.2) is 4.79 Å². The molecule has 2 rings (SSSR count). The van der Waals surface area contributed by atoms with Crippen molar-refractivity contribution in [2.75, 3.05) is 0 Å². The molecule has 6 heteroatoms. The molecule has 0 aliphatic carbocycles. The van der Waals surface area contributed by atoms with E-state index in [0.717, 1.165) is 10.6 Å². The molecule has 0 aliphatic heterocycles. The molecule has 0 radical (unpaired) electrons. The van der Waals surface area contributed by atoms with Gasteiger partial charge in [0.1, 0.15) is 0 Å². The van der Waals surface area contributed by atoms with Gasteiger partial charge in [-0.3, -0.25) is 5.10 Å². The van der Waals surface area contributed by atoms with Gasteiger partial charge in [-0.15, -0.1) is 11.3 Å². The minimum Gasteiger partial charge on any atom is -0.333 e. The Labute approximate surface area is 103 Å². The molecule has 0 fully saturated rings. The third-order valence-electron chi connectivity index (χ3n) is 2.32. The second-order valence-corrected chi connectivity index (χ2v) is 4.63. The third-order valence-corrected chi connectivity index (χ3v) is 3.37. The first-order valence-corrected chi connectivity index (χ1v) is 6.19. The fourth-order valence-electron chi connectivity index (χ4n) is 1.42. The van der Waals surface area contributed by atoms with Crippen molar-refractivity contribution < 1.29 is 4.79 Å². The standard InChI is InChI=1S/C11H14N4OS/c1-8(10-3-2-6-17-10)14-11(16)12-7-9-4-5-13-15-9/h2-6,8H,7H2,1H3,(H,13,15)(H2,12,14,16)/t8-/m0/s1. The zero-order valence-electron chi connectivity index (χ0n) is 9.43. The number of nitrogens with zero attached hydrogens (tertiary/aromatic N) is 1. The number of aromatic nitrogens is 2. The molecule has 2 amide bonds. The van der Waals surface area contributed by atoms with E-state index in [1.807, 2.05) is 30.5 Å². The van der Waals surface area contributed by atoms with Crippen molar-refractivity contribution in [2.45, 2.75) is 19.5 Å². The summed E-state index contributed by atoms with van der Waals surface area (Å²) in [4.78, 5) is 12.7. The summed E-state index contributed by atoms with van der Waals surface area (Å²) in [5, 5.41) is 14.2. The number of rotatable bonds is 4. The molecular weight excluding hydrogens is 236 g/mol. The van der Waals surface area contributed by atoms with Gasteiger partial charge in [0, 0.05) is 11.1 Å². The summed E-state index contributed by atoms with van der Waals surface area (Å²) in [6.07, 6.45) is 1.66. The number of urea groups is 1. The van der Waals surface area contributed by atoms with Gasteiger partial charge in [0.2, 0.25) is 0 Å². The number of H-pyrrole nitrogens is 1. The molecule has 0 aliphatic rings. The summed E-state index contributed by atoms with van der Waals surface area (Å²) in [5.74, 6) is 0. The highest BCUT2D eigenvalue weighted by atomic mass is 32.1. The molecule has 0 saturated heterocycles. The van der Waals surface area contributed by atoms with Crippen LogP contribution in [0.25, 0.3) is 0 Å². The van der Waals surface area contributed by atoms with Crippen LogP contribution in [0.1, 0.15) is 23.5 Å². The van der Waals surface area contributed by atoms with Crippen LogP contribution in [-0.4, -0.2) is 16.2 Å². The Morgan fingerprint density at radius 3 is 3.12 bits per heavy atom. The van der Waals surface area contributed by atoms with Gasteiger partial charge in [-0.05, 0) is 24.4 Å². The monoisotopic (exact) mass is 250 g/mol. The number of hydrogen-bond acceptors (Lipinski definition) is 3. The summed E-state index contributed by atoms with van der Waals surface area (Å²) in [7, 11) is 0. The van der Waals surface area contributed by atoms with Gasteiger partial charge < -0.3 is 10.6 Å². The molecule has 2 aromatic heterocycles. The highest BCUT2D eigenvalue weighted by Gasteiger charge is 2.09. The number of aromatic amines is 1. The van der Waals surface area contributed by atoms with E-state index in [9.17, 15) is 4.79 Å². The molecule has 3 N–H and O–H groups in total. The van der Waals surface area contributed by atoms with E-state index in [1.165, 1.54) is 0 Å². The van der Waals surface area contributed by atoms with Crippen LogP contribution in [0.5, 0.6) is 0 Å². The largest absolute Gasteiger partial charge is 0.333 e. The molecule has 2 heterocycles. The maximum Gasteiger partial charge on any atom is 0.315 e. The Bertz CT molecular complexity index is 452. The SMILES string of the molecule is C[C@H](NC(=O)NCc1ccn[nH]1)c1cccs1. The first-order chi connectivity index (χ1) is 8.25. The fourth-order valence-corrected chi connectivity index (χ4v) is 2.15. The van der Waals surface area contributed by atoms with Crippen molar-refractivity contribution >= 4 is 17.4 Å². The topological polar surface area (TPSA) is 69.8 Å². The van der Waals surface area contributed by atoms with Crippen molar-refractivity contribution in [3.8, 4) is 0 Å². The van der Waals surface area contributed by atoms with Crippen molar-refractivity contribution in [2.24, 2.45) is 0 Å². The molecule has 17 heavy (non-hydrogen) atoms. The van der Waals surface area contributed by atoms with Crippen LogP contribution in [0.4, 0.5) is 4.79 Å². The van der Waals surface area contributed by atoms with Crippen molar-refractivity contribution in [3.05, 3.63) is 40.3 Å². The van der Waals surface area contributed by atoms with Crippen LogP contribution < -0.4 is 10.6 Å². The van der Waals surface area contributed by atoms with E-state index in [2.05, 4.69) is 20.8 Å². The van der Waals surface area contributed by atoms with Crippen LogP contribution in [0.15, 0.2) is 29.8 Å². The summed E-state index contributed by atoms with van der Waals surface area (Å²) < 4.78 is 0. The normalized spacial score (nSPS) is 12.1. The van der Waals surface area contributed by atoms with Crippen LogP contribution in [0, 0.1) is 0 Å². The van der Waals surface area contributed by atoms with E-state index in [1.54, 1.807) is 17.5 Å². The molecule has 2 aromatic rings. The second-order valence-electron chi connectivity index (χ2n) is 3.65. The minimum absolute atomic E-state index is 0.0248. The smallest absolute Gasteiger partial charge is 0.315 e. The van der Waals surface area contributed by atoms with Crippen molar-refractivity contribution in [3.63, 3.8) is 0 Å². The zero-order chi connectivity index (χ0) is 12.1.